The molecule has 7 N–H and O–H groups in total. The molecule has 3 aromatic rings. The van der Waals surface area contributed by atoms with Crippen LogP contribution in [0.15, 0.2) is 84.0 Å². The molecule has 45 heavy (non-hydrogen) atoms. The van der Waals surface area contributed by atoms with Gasteiger partial charge in [-0.25, -0.2) is 9.59 Å². The van der Waals surface area contributed by atoms with Crippen molar-refractivity contribution < 1.29 is 47.4 Å². The van der Waals surface area contributed by atoms with Crippen molar-refractivity contribution in [3.05, 3.63) is 95.6 Å². The number of amidine groups is 1. The summed E-state index contributed by atoms with van der Waals surface area (Å²) in [6.07, 6.45) is -5.22. The number of amides is 2. The number of carboxylic acids is 2. The molecule has 3 aromatic carbocycles. The summed E-state index contributed by atoms with van der Waals surface area (Å²) in [6, 6.07) is 22.1. The molecule has 0 saturated carbocycles. The molecule has 0 saturated heterocycles. The van der Waals surface area contributed by atoms with E-state index in [2.05, 4.69) is 15.8 Å². The maximum Gasteiger partial charge on any atom is 0.490 e. The van der Waals surface area contributed by atoms with Gasteiger partial charge < -0.3 is 31.4 Å². The summed E-state index contributed by atoms with van der Waals surface area (Å²) in [6.45, 7) is -0.283. The predicted molar refractivity (Wildman–Crippen MR) is 156 cm³/mol. The maximum absolute atomic E-state index is 12.6. The molecule has 0 fully saturated rings. The highest BCUT2D eigenvalue weighted by molar-refractivity contribution is 6.03. The van der Waals surface area contributed by atoms with Crippen LogP contribution in [0.5, 0.6) is 0 Å². The smallest absolute Gasteiger partial charge is 0.480 e. The molecule has 0 bridgehead atoms. The van der Waals surface area contributed by atoms with Crippen LogP contribution in [0, 0.1) is 5.41 Å². The molecule has 2 atom stereocenters. The van der Waals surface area contributed by atoms with E-state index in [4.69, 9.17) is 25.9 Å². The fourth-order valence-corrected chi connectivity index (χ4v) is 3.93. The minimum absolute atomic E-state index is 0.0280. The summed E-state index contributed by atoms with van der Waals surface area (Å²) < 4.78 is 31.7. The Labute approximate surface area is 254 Å². The fraction of sp³-hybridized carbons (Fsp3) is 0.200. The van der Waals surface area contributed by atoms with Gasteiger partial charge in [0.2, 0.25) is 5.91 Å². The molecule has 4 rings (SSSR count). The molecule has 0 aromatic heterocycles. The number of aliphatic carboxylic acids is 2. The first-order valence-corrected chi connectivity index (χ1v) is 13.2. The third-order valence-corrected chi connectivity index (χ3v) is 6.28. The predicted octanol–water partition coefficient (Wildman–Crippen LogP) is 3.15. The Morgan fingerprint density at radius 3 is 1.98 bits per heavy atom. The van der Waals surface area contributed by atoms with Crippen LogP contribution in [-0.2, 0) is 19.2 Å². The van der Waals surface area contributed by atoms with E-state index in [1.807, 2.05) is 30.3 Å². The second kappa shape index (κ2) is 15.1. The van der Waals surface area contributed by atoms with Gasteiger partial charge in [0.15, 0.2) is 0 Å². The monoisotopic (exact) mass is 627 g/mol. The molecule has 12 nitrogen and oxygen atoms in total. The number of rotatable bonds is 10. The van der Waals surface area contributed by atoms with E-state index in [1.165, 1.54) is 0 Å². The van der Waals surface area contributed by atoms with Gasteiger partial charge in [-0.1, -0.05) is 71.9 Å². The first-order chi connectivity index (χ1) is 21.2. The minimum Gasteiger partial charge on any atom is -0.480 e. The van der Waals surface area contributed by atoms with Crippen LogP contribution < -0.4 is 16.4 Å². The largest absolute Gasteiger partial charge is 0.490 e. The summed E-state index contributed by atoms with van der Waals surface area (Å²) in [5.74, 6) is -5.04. The average Bonchev–Trinajstić information content (AvgIpc) is 3.47. The van der Waals surface area contributed by atoms with Crippen molar-refractivity contribution in [2.45, 2.75) is 31.2 Å². The summed E-state index contributed by atoms with van der Waals surface area (Å²) in [7, 11) is 0. The van der Waals surface area contributed by atoms with Gasteiger partial charge in [0.05, 0.1) is 12.1 Å². The Morgan fingerprint density at radius 1 is 0.911 bits per heavy atom. The molecule has 15 heteroatoms. The van der Waals surface area contributed by atoms with Crippen molar-refractivity contribution in [3.63, 3.8) is 0 Å². The standard InChI is InChI=1S/C28H27N5O5.C2HF3O2/c29-26(30)20-10-8-19(9-11-20)23-14-22(38-33-23)15-25(34)31-16-24(28(36)37)32-27(35)21-12-6-18(7-13-21)17-4-2-1-3-5-17;3-2(4,5)1(6)7/h1-13,22,24H,14-16H2,(H3,29,30)(H,31,34)(H,32,35)(H,36,37);(H,6,7)/t22?,24-;/m0./s1. The highest BCUT2D eigenvalue weighted by atomic mass is 19.4. The molecule has 0 aliphatic carbocycles. The minimum atomic E-state index is -5.08. The molecule has 2 amide bonds. The number of benzene rings is 3. The first kappa shape index (κ1) is 33.8. The number of halogens is 3. The van der Waals surface area contributed by atoms with Gasteiger partial charge in [-0.05, 0) is 28.8 Å². The normalized spacial score (nSPS) is 14.5. The van der Waals surface area contributed by atoms with Crippen molar-refractivity contribution in [2.24, 2.45) is 10.9 Å². The number of nitrogens with zero attached hydrogens (tertiary/aromatic N) is 1. The molecule has 0 radical (unpaired) electrons. The SMILES string of the molecule is N=C(N)c1ccc(C2=NOC(CC(=O)NC[C@H](NC(=O)c3ccc(-c4ccccc4)cc3)C(=O)O)C2)cc1.O=C(O)C(F)(F)F. The van der Waals surface area contributed by atoms with Crippen molar-refractivity contribution >= 4 is 35.3 Å². The van der Waals surface area contributed by atoms with E-state index in [1.54, 1.807) is 48.5 Å². The summed E-state index contributed by atoms with van der Waals surface area (Å²) in [5, 5.41) is 33.2. The lowest BCUT2D eigenvalue weighted by molar-refractivity contribution is -0.192. The third kappa shape index (κ3) is 10.2. The Kier molecular flexibility index (Phi) is 11.4. The lowest BCUT2D eigenvalue weighted by Crippen LogP contribution is -2.48. The molecule has 0 spiro atoms. The van der Waals surface area contributed by atoms with Gasteiger partial charge >= 0.3 is 18.1 Å². The van der Waals surface area contributed by atoms with Crippen molar-refractivity contribution in [2.75, 3.05) is 6.54 Å². The van der Waals surface area contributed by atoms with Crippen LogP contribution in [0.3, 0.4) is 0 Å². The van der Waals surface area contributed by atoms with Crippen LogP contribution >= 0.6 is 0 Å². The first-order valence-electron chi connectivity index (χ1n) is 13.2. The van der Waals surface area contributed by atoms with Crippen LogP contribution in [-0.4, -0.2) is 70.4 Å². The van der Waals surface area contributed by atoms with E-state index in [-0.39, 0.29) is 18.8 Å². The topological polar surface area (TPSA) is 204 Å². The van der Waals surface area contributed by atoms with E-state index in [9.17, 15) is 32.7 Å². The number of hydrogen-bond acceptors (Lipinski definition) is 7. The zero-order valence-electron chi connectivity index (χ0n) is 23.4. The van der Waals surface area contributed by atoms with E-state index in [0.29, 0.717) is 23.3 Å². The molecular weight excluding hydrogens is 599 g/mol. The summed E-state index contributed by atoms with van der Waals surface area (Å²) in [5.41, 5.74) is 9.75. The van der Waals surface area contributed by atoms with E-state index >= 15 is 0 Å². The maximum atomic E-state index is 12.6. The number of oxime groups is 1. The van der Waals surface area contributed by atoms with Crippen LogP contribution in [0.2, 0.25) is 0 Å². The number of nitrogens with one attached hydrogen (secondary N) is 3. The van der Waals surface area contributed by atoms with Gasteiger partial charge in [-0.3, -0.25) is 15.0 Å². The highest BCUT2D eigenvalue weighted by Crippen LogP contribution is 2.20. The fourth-order valence-electron chi connectivity index (χ4n) is 3.93. The second-order valence-electron chi connectivity index (χ2n) is 9.58. The third-order valence-electron chi connectivity index (χ3n) is 6.28. The van der Waals surface area contributed by atoms with Gasteiger partial charge in [0, 0.05) is 24.1 Å². The van der Waals surface area contributed by atoms with Crippen molar-refractivity contribution in [1.29, 1.82) is 5.41 Å². The summed E-state index contributed by atoms with van der Waals surface area (Å²) >= 11 is 0. The zero-order chi connectivity index (χ0) is 33.1. The van der Waals surface area contributed by atoms with Crippen LogP contribution in [0.1, 0.15) is 34.3 Å². The van der Waals surface area contributed by atoms with E-state index < -0.39 is 42.1 Å². The van der Waals surface area contributed by atoms with Crippen molar-refractivity contribution in [3.8, 4) is 11.1 Å². The molecular formula is C30H28F3N5O7. The lowest BCUT2D eigenvalue weighted by Gasteiger charge is -2.16. The number of hydrogen-bond donors (Lipinski definition) is 6. The van der Waals surface area contributed by atoms with Crippen molar-refractivity contribution in [1.82, 2.24) is 10.6 Å². The number of alkyl halides is 3. The van der Waals surface area contributed by atoms with Gasteiger partial charge in [-0.2, -0.15) is 13.2 Å². The molecule has 1 aliphatic heterocycles. The van der Waals surface area contributed by atoms with Crippen LogP contribution in [0.25, 0.3) is 11.1 Å². The van der Waals surface area contributed by atoms with Gasteiger partial charge in [-0.15, -0.1) is 0 Å². The quantitative estimate of drug-likeness (QED) is 0.145. The Bertz CT molecular complexity index is 1560. The molecule has 1 unspecified atom stereocenters. The molecule has 236 valence electrons. The number of carbonyl (C=O) groups is 4. The number of nitrogen functional groups attached to an aromatic ring is 1. The average molecular weight is 628 g/mol. The lowest BCUT2D eigenvalue weighted by atomic mass is 10.0. The Hall–Kier alpha value is -5.73. The Balaban J connectivity index is 0.000000707. The molecule has 1 aliphatic rings. The zero-order valence-corrected chi connectivity index (χ0v) is 23.4. The highest BCUT2D eigenvalue weighted by Gasteiger charge is 2.38. The number of carboxylic acid groups (broad SMARTS) is 2. The van der Waals surface area contributed by atoms with E-state index in [0.717, 1.165) is 16.7 Å². The number of carbonyl (C=O) groups excluding carboxylic acids is 2. The van der Waals surface area contributed by atoms with Gasteiger partial charge in [0.1, 0.15) is 18.0 Å². The van der Waals surface area contributed by atoms with Crippen LogP contribution in [0.4, 0.5) is 13.2 Å². The summed E-state index contributed by atoms with van der Waals surface area (Å²) in [4.78, 5) is 51.0. The number of nitrogens with two attached hydrogens (primary N) is 1. The Morgan fingerprint density at radius 2 is 1.44 bits per heavy atom. The molecule has 1 heterocycles. The van der Waals surface area contributed by atoms with Gasteiger partial charge in [0.25, 0.3) is 5.91 Å². The second-order valence-corrected chi connectivity index (χ2v) is 9.58.